The van der Waals surface area contributed by atoms with E-state index in [0.717, 1.165) is 22.3 Å². The van der Waals surface area contributed by atoms with Crippen molar-refractivity contribution >= 4 is 34.0 Å². The first-order valence-corrected chi connectivity index (χ1v) is 9.93. The molecule has 0 fully saturated rings. The van der Waals surface area contributed by atoms with Crippen LogP contribution in [0.2, 0.25) is 0 Å². The molecule has 0 bridgehead atoms. The molecule has 3 nitrogen and oxygen atoms in total. The molecule has 1 aliphatic heterocycles. The molecule has 4 heteroatoms. The van der Waals surface area contributed by atoms with Gasteiger partial charge in [-0.1, -0.05) is 109 Å². The molecule has 1 N–H and O–H groups in total. The summed E-state index contributed by atoms with van der Waals surface area (Å²) in [4.78, 5) is 9.25. The fourth-order valence-electron chi connectivity index (χ4n) is 3.66. The van der Waals surface area contributed by atoms with Crippen molar-refractivity contribution in [1.82, 2.24) is 5.32 Å². The van der Waals surface area contributed by atoms with Crippen LogP contribution >= 0.6 is 11.6 Å². The van der Waals surface area contributed by atoms with Crippen molar-refractivity contribution in [2.45, 2.75) is 5.62 Å². The topological polar surface area (TPSA) is 36.8 Å². The average Bonchev–Trinajstić information content (AvgIpc) is 2.79. The summed E-state index contributed by atoms with van der Waals surface area (Å²) in [5.74, 6) is 1.37. The number of rotatable bonds is 3. The second-order valence-corrected chi connectivity index (χ2v) is 7.24. The second kappa shape index (κ2) is 7.53. The predicted octanol–water partition coefficient (Wildman–Crippen LogP) is 5.83. The van der Waals surface area contributed by atoms with Gasteiger partial charge in [-0.25, -0.2) is 9.98 Å². The van der Waals surface area contributed by atoms with E-state index in [2.05, 4.69) is 64.9 Å². The van der Waals surface area contributed by atoms with E-state index in [1.807, 2.05) is 42.5 Å². The summed E-state index contributed by atoms with van der Waals surface area (Å²) in [6.07, 6.45) is 0. The molecule has 1 heterocycles. The number of halogens is 1. The summed E-state index contributed by atoms with van der Waals surface area (Å²) in [6, 6.07) is 33.0. The lowest BCUT2D eigenvalue weighted by Crippen LogP contribution is -2.35. The van der Waals surface area contributed by atoms with E-state index >= 15 is 0 Å². The number of alkyl halides is 1. The van der Waals surface area contributed by atoms with Crippen LogP contribution in [0.15, 0.2) is 107 Å². The number of fused-ring (bicyclic) bond motifs is 1. The van der Waals surface area contributed by atoms with E-state index in [0.29, 0.717) is 5.84 Å². The van der Waals surface area contributed by atoms with E-state index in [-0.39, 0.29) is 0 Å². The van der Waals surface area contributed by atoms with Crippen LogP contribution in [-0.2, 0) is 0 Å². The van der Waals surface area contributed by atoms with Crippen LogP contribution in [0.3, 0.4) is 0 Å². The van der Waals surface area contributed by atoms with Gasteiger partial charge in [0, 0.05) is 11.1 Å². The van der Waals surface area contributed by atoms with Crippen LogP contribution in [0.25, 0.3) is 21.9 Å². The van der Waals surface area contributed by atoms with Gasteiger partial charge in [0.25, 0.3) is 0 Å². The number of nitrogens with zero attached hydrogens (tertiary/aromatic N) is 2. The zero-order chi connectivity index (χ0) is 19.6. The Hall–Kier alpha value is -3.43. The monoisotopic (exact) mass is 395 g/mol. The van der Waals surface area contributed by atoms with E-state index in [4.69, 9.17) is 16.6 Å². The Kier molecular flexibility index (Phi) is 4.59. The highest BCUT2D eigenvalue weighted by Gasteiger charge is 2.19. The van der Waals surface area contributed by atoms with Gasteiger partial charge in [-0.05, 0) is 21.9 Å². The standard InChI is InChI=1S/C25H18ClN3/c26-25-28-23(18-11-5-2-6-12-18)27-24(29-25)22-16-15-19(17-9-3-1-4-10-17)20-13-7-8-14-21(20)22/h1-16,25H,(H,27,28,29). The van der Waals surface area contributed by atoms with Crippen LogP contribution in [0.5, 0.6) is 0 Å². The maximum absolute atomic E-state index is 6.40. The minimum atomic E-state index is -0.565. The second-order valence-electron chi connectivity index (χ2n) is 6.83. The molecule has 0 radical (unpaired) electrons. The molecule has 140 valence electrons. The fraction of sp³-hybridized carbons (Fsp3) is 0.0400. The van der Waals surface area contributed by atoms with Crippen LogP contribution in [0.1, 0.15) is 11.1 Å². The maximum atomic E-state index is 6.40. The van der Waals surface area contributed by atoms with Crippen molar-refractivity contribution in [1.29, 1.82) is 0 Å². The maximum Gasteiger partial charge on any atom is 0.198 e. The van der Waals surface area contributed by atoms with E-state index in [9.17, 15) is 0 Å². The number of benzene rings is 4. The highest BCUT2D eigenvalue weighted by atomic mass is 35.5. The van der Waals surface area contributed by atoms with E-state index in [1.165, 1.54) is 16.5 Å². The largest absolute Gasteiger partial charge is 0.335 e. The molecule has 0 saturated heterocycles. The number of hydrogen-bond acceptors (Lipinski definition) is 3. The van der Waals surface area contributed by atoms with Crippen LogP contribution < -0.4 is 5.32 Å². The number of aliphatic imine (C=N–C) groups is 2. The van der Waals surface area contributed by atoms with Gasteiger partial charge < -0.3 is 5.32 Å². The molecular weight excluding hydrogens is 378 g/mol. The molecule has 29 heavy (non-hydrogen) atoms. The first kappa shape index (κ1) is 17.7. The summed E-state index contributed by atoms with van der Waals surface area (Å²) >= 11 is 6.40. The smallest absolute Gasteiger partial charge is 0.198 e. The number of nitrogens with one attached hydrogen (secondary N) is 1. The van der Waals surface area contributed by atoms with Gasteiger partial charge >= 0.3 is 0 Å². The van der Waals surface area contributed by atoms with Crippen molar-refractivity contribution in [3.63, 3.8) is 0 Å². The third-order valence-electron chi connectivity index (χ3n) is 5.01. The molecule has 5 rings (SSSR count). The molecule has 4 aromatic rings. The molecule has 0 amide bonds. The Labute approximate surface area is 174 Å². The first-order valence-electron chi connectivity index (χ1n) is 9.50. The molecule has 0 aromatic heterocycles. The predicted molar refractivity (Wildman–Crippen MR) is 122 cm³/mol. The number of hydrogen-bond donors (Lipinski definition) is 1. The minimum Gasteiger partial charge on any atom is -0.335 e. The minimum absolute atomic E-state index is 0.565. The number of amidine groups is 2. The van der Waals surface area contributed by atoms with Gasteiger partial charge in [0.1, 0.15) is 5.84 Å². The Balaban J connectivity index is 1.66. The van der Waals surface area contributed by atoms with Crippen molar-refractivity contribution in [2.24, 2.45) is 9.98 Å². The fourth-order valence-corrected chi connectivity index (χ4v) is 3.85. The highest BCUT2D eigenvalue weighted by Crippen LogP contribution is 2.31. The van der Waals surface area contributed by atoms with Crippen molar-refractivity contribution < 1.29 is 0 Å². The lowest BCUT2D eigenvalue weighted by atomic mass is 9.94. The molecule has 0 saturated carbocycles. The summed E-state index contributed by atoms with van der Waals surface area (Å²) in [7, 11) is 0. The van der Waals surface area contributed by atoms with Gasteiger partial charge in [-0.2, -0.15) is 0 Å². The van der Waals surface area contributed by atoms with Gasteiger partial charge in [0.05, 0.1) is 0 Å². The van der Waals surface area contributed by atoms with Gasteiger partial charge in [0.15, 0.2) is 11.5 Å². The van der Waals surface area contributed by atoms with Crippen LogP contribution in [-0.4, -0.2) is 17.3 Å². The van der Waals surface area contributed by atoms with Gasteiger partial charge in [0.2, 0.25) is 0 Å². The SMILES string of the molecule is ClC1N=C(c2ccccc2)N=C(c2ccc(-c3ccccc3)c3ccccc23)N1. The lowest BCUT2D eigenvalue weighted by molar-refractivity contribution is 0.832. The van der Waals surface area contributed by atoms with Crippen LogP contribution in [0.4, 0.5) is 0 Å². The molecule has 0 spiro atoms. The third kappa shape index (κ3) is 3.41. The quantitative estimate of drug-likeness (QED) is 0.344. The Morgan fingerprint density at radius 2 is 1.17 bits per heavy atom. The summed E-state index contributed by atoms with van der Waals surface area (Å²) in [5.41, 5.74) is 3.78. The van der Waals surface area contributed by atoms with Crippen LogP contribution in [0, 0.1) is 0 Å². The molecule has 1 atom stereocenters. The van der Waals surface area contributed by atoms with E-state index < -0.39 is 5.62 Å². The lowest BCUT2D eigenvalue weighted by Gasteiger charge is -2.20. The summed E-state index contributed by atoms with van der Waals surface area (Å²) in [6.45, 7) is 0. The highest BCUT2D eigenvalue weighted by molar-refractivity contribution is 6.26. The average molecular weight is 396 g/mol. The molecule has 4 aromatic carbocycles. The third-order valence-corrected chi connectivity index (χ3v) is 5.21. The normalized spacial score (nSPS) is 16.1. The van der Waals surface area contributed by atoms with Crippen molar-refractivity contribution in [3.8, 4) is 11.1 Å². The Morgan fingerprint density at radius 3 is 1.86 bits per heavy atom. The van der Waals surface area contributed by atoms with Crippen molar-refractivity contribution in [2.75, 3.05) is 0 Å². The molecule has 1 aliphatic rings. The zero-order valence-corrected chi connectivity index (χ0v) is 16.3. The van der Waals surface area contributed by atoms with Gasteiger partial charge in [-0.15, -0.1) is 0 Å². The van der Waals surface area contributed by atoms with Crippen molar-refractivity contribution in [3.05, 3.63) is 108 Å². The summed E-state index contributed by atoms with van der Waals surface area (Å²) < 4.78 is 0. The molecule has 0 aliphatic carbocycles. The molecular formula is C25H18ClN3. The zero-order valence-electron chi connectivity index (χ0n) is 15.6. The summed E-state index contributed by atoms with van der Waals surface area (Å²) in [5, 5.41) is 5.51. The first-order chi connectivity index (χ1) is 14.3. The van der Waals surface area contributed by atoms with Gasteiger partial charge in [-0.3, -0.25) is 0 Å². The Morgan fingerprint density at radius 1 is 0.621 bits per heavy atom. The Bertz CT molecular complexity index is 1230. The van der Waals surface area contributed by atoms with E-state index in [1.54, 1.807) is 0 Å². The molecule has 1 unspecified atom stereocenters.